The third-order valence-electron chi connectivity index (χ3n) is 12.8. The number of carboxylic acids is 1. The van der Waals surface area contributed by atoms with E-state index in [0.29, 0.717) is 81.5 Å². The first-order valence-electron chi connectivity index (χ1n) is 24.2. The highest BCUT2D eigenvalue weighted by Gasteiger charge is 2.35. The number of aliphatic carboxylic acids is 1. The van der Waals surface area contributed by atoms with Gasteiger partial charge in [-0.1, -0.05) is 57.7 Å². The van der Waals surface area contributed by atoms with Crippen molar-refractivity contribution in [2.75, 3.05) is 53.5 Å². The number of fused-ring (bicyclic) bond motifs is 2. The molecule has 2 aliphatic heterocycles. The molecule has 0 aliphatic carbocycles. The summed E-state index contributed by atoms with van der Waals surface area (Å²) in [4.78, 5) is 103. The van der Waals surface area contributed by atoms with E-state index in [1.165, 1.54) is 59.6 Å². The SMILES string of the molecule is C.CCc1ncn(-c2ncc(OC)c3c(C(=O)C(=O)N4CCN(C(=O)c5ccccc5)[C@H](C)C4)c[nH]c23)n1.CCc1ncn(-c2ncc(OC)c3c(C(=O)C(=O)O)c[nH]c23)n1.C[C@@H]1CNCCN1C(=O)c1ccccc1. The molecule has 396 valence electrons. The molecule has 2 atom stereocenters. The highest BCUT2D eigenvalue weighted by atomic mass is 16.5. The fourth-order valence-corrected chi connectivity index (χ4v) is 8.80. The Morgan fingerprint density at radius 2 is 1.12 bits per heavy atom. The highest BCUT2D eigenvalue weighted by Crippen LogP contribution is 2.33. The Bertz CT molecular complexity index is 3370. The van der Waals surface area contributed by atoms with Gasteiger partial charge in [0.25, 0.3) is 29.3 Å². The predicted molar refractivity (Wildman–Crippen MR) is 280 cm³/mol. The quantitative estimate of drug-likeness (QED) is 0.0924. The van der Waals surface area contributed by atoms with Crippen LogP contribution in [0.5, 0.6) is 11.5 Å². The Morgan fingerprint density at radius 1 is 0.645 bits per heavy atom. The maximum atomic E-state index is 13.4. The second-order valence-corrected chi connectivity index (χ2v) is 17.5. The van der Waals surface area contributed by atoms with Crippen molar-refractivity contribution in [1.82, 2.24) is 69.5 Å². The van der Waals surface area contributed by atoms with Crippen molar-refractivity contribution in [3.05, 3.63) is 132 Å². The van der Waals surface area contributed by atoms with E-state index in [9.17, 15) is 28.8 Å². The van der Waals surface area contributed by atoms with Crippen LogP contribution < -0.4 is 14.8 Å². The first-order valence-corrected chi connectivity index (χ1v) is 24.2. The van der Waals surface area contributed by atoms with Crippen LogP contribution in [0.4, 0.5) is 0 Å². The lowest BCUT2D eigenvalue weighted by atomic mass is 10.1. The third-order valence-corrected chi connectivity index (χ3v) is 12.8. The molecule has 2 aromatic carbocycles. The monoisotopic (exact) mass is 1040 g/mol. The molecule has 2 fully saturated rings. The lowest BCUT2D eigenvalue weighted by Gasteiger charge is -2.39. The largest absolute Gasteiger partial charge is 0.494 e. The molecule has 76 heavy (non-hydrogen) atoms. The summed E-state index contributed by atoms with van der Waals surface area (Å²) in [5, 5.41) is 21.7. The summed E-state index contributed by atoms with van der Waals surface area (Å²) < 4.78 is 13.7. The van der Waals surface area contributed by atoms with E-state index in [1.54, 1.807) is 23.4 Å². The first kappa shape index (κ1) is 54.6. The number of amides is 3. The van der Waals surface area contributed by atoms with Crippen LogP contribution >= 0.6 is 0 Å². The third kappa shape index (κ3) is 11.3. The maximum Gasteiger partial charge on any atom is 0.377 e. The van der Waals surface area contributed by atoms with E-state index in [0.717, 1.165) is 25.2 Å². The Hall–Kier alpha value is -9.12. The number of nitrogens with zero attached hydrogens (tertiary/aromatic N) is 11. The number of hydrogen-bond acceptors (Lipinski definition) is 15. The van der Waals surface area contributed by atoms with Gasteiger partial charge in [0, 0.05) is 87.7 Å². The number of benzene rings is 2. The number of aryl methyl sites for hydroxylation is 2. The van der Waals surface area contributed by atoms with Gasteiger partial charge in [0.15, 0.2) is 23.3 Å². The van der Waals surface area contributed by atoms with Crippen molar-refractivity contribution < 1.29 is 43.3 Å². The normalized spacial score (nSPS) is 15.2. The smallest absolute Gasteiger partial charge is 0.377 e. The van der Waals surface area contributed by atoms with Crippen LogP contribution in [-0.2, 0) is 22.4 Å². The lowest BCUT2D eigenvalue weighted by Crippen LogP contribution is -2.56. The number of carbonyl (C=O) groups is 6. The molecule has 0 bridgehead atoms. The number of Topliss-reactive ketones (excluding diaryl/α,β-unsaturated/α-hetero) is 2. The van der Waals surface area contributed by atoms with Gasteiger partial charge in [0.2, 0.25) is 0 Å². The van der Waals surface area contributed by atoms with E-state index in [4.69, 9.17) is 14.6 Å². The number of ketones is 2. The van der Waals surface area contributed by atoms with Crippen LogP contribution in [-0.4, -0.2) is 170 Å². The molecule has 23 nitrogen and oxygen atoms in total. The number of rotatable bonds is 12. The summed E-state index contributed by atoms with van der Waals surface area (Å²) in [6.45, 7) is 11.3. The molecule has 0 radical (unpaired) electrons. The lowest BCUT2D eigenvalue weighted by molar-refractivity contribution is -0.132. The Kier molecular flexibility index (Phi) is 17.5. The van der Waals surface area contributed by atoms with Gasteiger partial charge in [-0.2, -0.15) is 0 Å². The van der Waals surface area contributed by atoms with Crippen LogP contribution in [0.2, 0.25) is 0 Å². The van der Waals surface area contributed by atoms with E-state index in [1.807, 2.05) is 74.2 Å². The molecule has 8 aromatic rings. The number of carboxylic acid groups (broad SMARTS) is 1. The van der Waals surface area contributed by atoms with Crippen molar-refractivity contribution in [3.63, 3.8) is 0 Å². The van der Waals surface area contributed by atoms with Crippen LogP contribution in [0.25, 0.3) is 33.4 Å². The van der Waals surface area contributed by atoms with Gasteiger partial charge >= 0.3 is 5.97 Å². The van der Waals surface area contributed by atoms with Gasteiger partial charge in [-0.25, -0.2) is 34.1 Å². The summed E-state index contributed by atoms with van der Waals surface area (Å²) in [5.74, 6) is -1.01. The number of aromatic amines is 2. The summed E-state index contributed by atoms with van der Waals surface area (Å²) in [6.07, 6.45) is 10.1. The summed E-state index contributed by atoms with van der Waals surface area (Å²) >= 11 is 0. The average molecular weight is 1040 g/mol. The zero-order valence-electron chi connectivity index (χ0n) is 42.2. The number of hydrogen-bond donors (Lipinski definition) is 4. The van der Waals surface area contributed by atoms with E-state index in [-0.39, 0.29) is 55.5 Å². The number of pyridine rings is 2. The summed E-state index contributed by atoms with van der Waals surface area (Å²) in [7, 11) is 2.90. The van der Waals surface area contributed by atoms with Gasteiger partial charge in [0.05, 0.1) is 59.5 Å². The van der Waals surface area contributed by atoms with Gasteiger partial charge < -0.3 is 44.6 Å². The molecule has 2 saturated heterocycles. The number of nitrogens with one attached hydrogen (secondary N) is 3. The van der Waals surface area contributed by atoms with Crippen molar-refractivity contribution in [2.45, 2.75) is 60.0 Å². The molecule has 4 N–H and O–H groups in total. The van der Waals surface area contributed by atoms with Crippen LogP contribution in [0, 0.1) is 0 Å². The zero-order chi connectivity index (χ0) is 53.3. The fraction of sp³-hybridized carbons (Fsp3) is 0.321. The van der Waals surface area contributed by atoms with E-state index >= 15 is 0 Å². The number of carbonyl (C=O) groups excluding carboxylic acids is 5. The summed E-state index contributed by atoms with van der Waals surface area (Å²) in [5.41, 5.74) is 2.53. The van der Waals surface area contributed by atoms with Gasteiger partial charge in [-0.05, 0) is 38.1 Å². The van der Waals surface area contributed by atoms with Gasteiger partial charge in [-0.3, -0.25) is 24.0 Å². The molecule has 8 heterocycles. The average Bonchev–Trinajstić information content (AvgIpc) is 4.30. The van der Waals surface area contributed by atoms with Gasteiger partial charge in [-0.15, -0.1) is 10.2 Å². The minimum atomic E-state index is -1.54. The second kappa shape index (κ2) is 24.3. The topological polar surface area (TPSA) is 282 Å². The van der Waals surface area contributed by atoms with E-state index in [2.05, 4.69) is 52.3 Å². The molecule has 6 aromatic heterocycles. The van der Waals surface area contributed by atoms with Crippen molar-refractivity contribution >= 4 is 57.1 Å². The molecule has 3 amide bonds. The zero-order valence-corrected chi connectivity index (χ0v) is 42.2. The van der Waals surface area contributed by atoms with Crippen molar-refractivity contribution in [3.8, 4) is 23.1 Å². The summed E-state index contributed by atoms with van der Waals surface area (Å²) in [6, 6.07) is 18.6. The standard InChI is InChI=1S/C26H27N7O4.C14H13N5O4.C12H16N2O.CH4/c1-4-20-29-15-33(30-20)24-22-21(19(37-3)13-28-24)18(12-27-22)23(34)26(36)31-10-11-32(16(2)14-31)25(35)17-8-6-5-7-9-17;1-3-9-17-6-19(18-9)13-11-10(8(23-2)5-16-13)7(4-15-11)12(20)14(21)22;1-10-9-13-7-8-14(10)12(15)11-5-3-2-4-6-11;/h5-9,12-13,15-16,27H,4,10-11,14H2,1-3H3;4-6,15H,3H2,1-2H3,(H,21,22);2-6,10,13H,7-9H2,1H3;1H4/t16-;;10-;/m1.1./s1. The molecule has 2 aliphatic rings. The van der Waals surface area contributed by atoms with Crippen LogP contribution in [0.15, 0.2) is 98.1 Å². The molecule has 10 rings (SSSR count). The maximum absolute atomic E-state index is 13.4. The number of ether oxygens (including phenoxy) is 2. The van der Waals surface area contributed by atoms with Crippen LogP contribution in [0.1, 0.15) is 88.2 Å². The highest BCUT2D eigenvalue weighted by molar-refractivity contribution is 6.45. The van der Waals surface area contributed by atoms with Crippen LogP contribution in [0.3, 0.4) is 0 Å². The molecule has 0 saturated carbocycles. The van der Waals surface area contributed by atoms with Gasteiger partial charge in [0.1, 0.15) is 24.2 Å². The predicted octanol–water partition coefficient (Wildman–Crippen LogP) is 5.01. The minimum Gasteiger partial charge on any atom is -0.494 e. The Morgan fingerprint density at radius 3 is 1.54 bits per heavy atom. The second-order valence-electron chi connectivity index (χ2n) is 17.5. The first-order chi connectivity index (χ1) is 36.3. The number of H-pyrrole nitrogens is 2. The molecule has 0 unspecified atom stereocenters. The molecule has 23 heteroatoms. The number of aromatic nitrogens is 10. The fourth-order valence-electron chi connectivity index (χ4n) is 8.80. The Labute approximate surface area is 437 Å². The molecular formula is C53H60N14O9. The number of methoxy groups -OCH3 is 2. The van der Waals surface area contributed by atoms with Crippen molar-refractivity contribution in [2.24, 2.45) is 0 Å². The molecular weight excluding hydrogens is 977 g/mol. The number of piperazine rings is 2. The van der Waals surface area contributed by atoms with E-state index < -0.39 is 23.4 Å². The minimum absolute atomic E-state index is 0. The molecule has 0 spiro atoms. The van der Waals surface area contributed by atoms with Crippen molar-refractivity contribution in [1.29, 1.82) is 0 Å². The Balaban J connectivity index is 0.000000183.